The number of nitro groups is 1. The zero-order valence-corrected chi connectivity index (χ0v) is 12.1. The van der Waals surface area contributed by atoms with E-state index in [0.717, 1.165) is 0 Å². The van der Waals surface area contributed by atoms with Crippen LogP contribution in [0.25, 0.3) is 0 Å². The fourth-order valence-electron chi connectivity index (χ4n) is 1.49. The summed E-state index contributed by atoms with van der Waals surface area (Å²) in [4.78, 5) is 22.0. The summed E-state index contributed by atoms with van der Waals surface area (Å²) in [6.45, 7) is 4.35. The summed E-state index contributed by atoms with van der Waals surface area (Å²) in [5.41, 5.74) is -0.0343. The smallest absolute Gasteiger partial charge is 0.331 e. The molecule has 1 aromatic carbocycles. The standard InChI is InChI=1S/C13H14N4O5/c1-3-20-11-14-12(21-4-2)16-13(15-11)22-10-7-5-9(6-8-10)17(18)19/h5-8H,3-4H2,1-2H3. The lowest BCUT2D eigenvalue weighted by molar-refractivity contribution is -0.384. The second kappa shape index (κ2) is 7.16. The van der Waals surface area contributed by atoms with Crippen molar-refractivity contribution in [3.8, 4) is 23.8 Å². The van der Waals surface area contributed by atoms with Gasteiger partial charge in [-0.1, -0.05) is 0 Å². The van der Waals surface area contributed by atoms with E-state index < -0.39 is 4.92 Å². The van der Waals surface area contributed by atoms with Crippen molar-refractivity contribution in [1.29, 1.82) is 0 Å². The summed E-state index contributed by atoms with van der Waals surface area (Å²) in [5, 5.41) is 10.6. The van der Waals surface area contributed by atoms with Gasteiger partial charge in [0.15, 0.2) is 0 Å². The maximum Gasteiger partial charge on any atom is 0.331 e. The average molecular weight is 306 g/mol. The summed E-state index contributed by atoms with van der Waals surface area (Å²) in [6, 6.07) is 5.68. The van der Waals surface area contributed by atoms with Crippen LogP contribution in [0.4, 0.5) is 5.69 Å². The van der Waals surface area contributed by atoms with E-state index in [9.17, 15) is 10.1 Å². The molecule has 2 aromatic rings. The second-order valence-electron chi connectivity index (χ2n) is 3.90. The van der Waals surface area contributed by atoms with Crippen LogP contribution in [-0.2, 0) is 0 Å². The Morgan fingerprint density at radius 2 is 1.45 bits per heavy atom. The van der Waals surface area contributed by atoms with E-state index in [-0.39, 0.29) is 23.7 Å². The predicted molar refractivity (Wildman–Crippen MR) is 75.3 cm³/mol. The van der Waals surface area contributed by atoms with Crippen molar-refractivity contribution in [1.82, 2.24) is 15.0 Å². The Bertz CT molecular complexity index is 623. The molecule has 0 saturated heterocycles. The van der Waals surface area contributed by atoms with Crippen molar-refractivity contribution in [3.63, 3.8) is 0 Å². The molecule has 0 N–H and O–H groups in total. The van der Waals surface area contributed by atoms with Crippen LogP contribution in [0.15, 0.2) is 24.3 Å². The van der Waals surface area contributed by atoms with Gasteiger partial charge in [-0.15, -0.1) is 15.0 Å². The Morgan fingerprint density at radius 3 is 1.91 bits per heavy atom. The number of nitrogens with zero attached hydrogens (tertiary/aromatic N) is 4. The second-order valence-corrected chi connectivity index (χ2v) is 3.90. The highest BCUT2D eigenvalue weighted by Gasteiger charge is 2.11. The van der Waals surface area contributed by atoms with Crippen LogP contribution in [0.1, 0.15) is 13.8 Å². The first-order valence-electron chi connectivity index (χ1n) is 6.56. The van der Waals surface area contributed by atoms with E-state index in [0.29, 0.717) is 19.0 Å². The summed E-state index contributed by atoms with van der Waals surface area (Å²) in [7, 11) is 0. The monoisotopic (exact) mass is 306 g/mol. The number of ether oxygens (including phenoxy) is 3. The Morgan fingerprint density at radius 1 is 0.955 bits per heavy atom. The Labute approximate surface area is 126 Å². The minimum Gasteiger partial charge on any atom is -0.464 e. The first-order valence-corrected chi connectivity index (χ1v) is 6.56. The van der Waals surface area contributed by atoms with E-state index in [1.165, 1.54) is 24.3 Å². The molecule has 0 unspecified atom stereocenters. The van der Waals surface area contributed by atoms with Crippen LogP contribution in [0.3, 0.4) is 0 Å². The lowest BCUT2D eigenvalue weighted by Crippen LogP contribution is -2.05. The fraction of sp³-hybridized carbons (Fsp3) is 0.308. The van der Waals surface area contributed by atoms with E-state index >= 15 is 0 Å². The van der Waals surface area contributed by atoms with Gasteiger partial charge in [-0.2, -0.15) is 0 Å². The van der Waals surface area contributed by atoms with Crippen molar-refractivity contribution in [2.24, 2.45) is 0 Å². The zero-order valence-electron chi connectivity index (χ0n) is 12.1. The Kier molecular flexibility index (Phi) is 5.02. The number of hydrogen-bond acceptors (Lipinski definition) is 8. The fourth-order valence-corrected chi connectivity index (χ4v) is 1.49. The van der Waals surface area contributed by atoms with E-state index in [1.54, 1.807) is 13.8 Å². The van der Waals surface area contributed by atoms with Gasteiger partial charge in [0.2, 0.25) is 0 Å². The molecule has 0 bridgehead atoms. The molecule has 0 radical (unpaired) electrons. The van der Waals surface area contributed by atoms with Gasteiger partial charge in [0.05, 0.1) is 18.1 Å². The molecule has 2 rings (SSSR count). The lowest BCUT2D eigenvalue weighted by Gasteiger charge is -2.08. The van der Waals surface area contributed by atoms with Crippen LogP contribution < -0.4 is 14.2 Å². The summed E-state index contributed by atoms with van der Waals surface area (Å²) < 4.78 is 15.9. The summed E-state index contributed by atoms with van der Waals surface area (Å²) in [6.07, 6.45) is 0. The lowest BCUT2D eigenvalue weighted by atomic mass is 10.3. The largest absolute Gasteiger partial charge is 0.464 e. The van der Waals surface area contributed by atoms with E-state index in [2.05, 4.69) is 15.0 Å². The quantitative estimate of drug-likeness (QED) is 0.566. The highest BCUT2D eigenvalue weighted by molar-refractivity contribution is 5.37. The Hall–Kier alpha value is -2.97. The van der Waals surface area contributed by atoms with Crippen LogP contribution in [-0.4, -0.2) is 33.1 Å². The first kappa shape index (κ1) is 15.4. The average Bonchev–Trinajstić information content (AvgIpc) is 2.48. The highest BCUT2D eigenvalue weighted by atomic mass is 16.6. The number of non-ortho nitro benzene ring substituents is 1. The number of benzene rings is 1. The molecule has 1 aromatic heterocycles. The van der Waals surface area contributed by atoms with Gasteiger partial charge in [0, 0.05) is 12.1 Å². The Balaban J connectivity index is 2.21. The maximum absolute atomic E-state index is 10.6. The molecule has 1 heterocycles. The summed E-state index contributed by atoms with van der Waals surface area (Å²) >= 11 is 0. The normalized spacial score (nSPS) is 10.1. The molecular weight excluding hydrogens is 292 g/mol. The molecule has 0 aliphatic rings. The minimum absolute atomic E-state index is 0.0178. The molecule has 0 aliphatic carbocycles. The molecule has 0 amide bonds. The van der Waals surface area contributed by atoms with Crippen molar-refractivity contribution >= 4 is 5.69 Å². The third-order valence-electron chi connectivity index (χ3n) is 2.38. The third kappa shape index (κ3) is 4.01. The van der Waals surface area contributed by atoms with Crippen molar-refractivity contribution < 1.29 is 19.1 Å². The van der Waals surface area contributed by atoms with Gasteiger partial charge in [-0.3, -0.25) is 10.1 Å². The predicted octanol–water partition coefficient (Wildman–Crippen LogP) is 2.37. The highest BCUT2D eigenvalue weighted by Crippen LogP contribution is 2.23. The van der Waals surface area contributed by atoms with Gasteiger partial charge >= 0.3 is 18.0 Å². The number of rotatable bonds is 7. The van der Waals surface area contributed by atoms with Gasteiger partial charge in [0.25, 0.3) is 5.69 Å². The molecular formula is C13H14N4O5. The zero-order chi connectivity index (χ0) is 15.9. The SMILES string of the molecule is CCOc1nc(OCC)nc(Oc2ccc([N+](=O)[O-])cc2)n1. The third-order valence-corrected chi connectivity index (χ3v) is 2.38. The van der Waals surface area contributed by atoms with Gasteiger partial charge in [0.1, 0.15) is 5.75 Å². The first-order chi connectivity index (χ1) is 10.6. The van der Waals surface area contributed by atoms with E-state index in [4.69, 9.17) is 14.2 Å². The van der Waals surface area contributed by atoms with Crippen LogP contribution in [0, 0.1) is 10.1 Å². The molecule has 9 heteroatoms. The van der Waals surface area contributed by atoms with Gasteiger partial charge < -0.3 is 14.2 Å². The van der Waals surface area contributed by atoms with Crippen molar-refractivity contribution in [2.75, 3.05) is 13.2 Å². The number of aromatic nitrogens is 3. The van der Waals surface area contributed by atoms with Crippen molar-refractivity contribution in [2.45, 2.75) is 13.8 Å². The van der Waals surface area contributed by atoms with Crippen LogP contribution >= 0.6 is 0 Å². The molecule has 0 fully saturated rings. The van der Waals surface area contributed by atoms with Gasteiger partial charge in [-0.05, 0) is 26.0 Å². The van der Waals surface area contributed by atoms with E-state index in [1.807, 2.05) is 0 Å². The molecule has 0 aliphatic heterocycles. The number of nitro benzene ring substituents is 1. The molecule has 22 heavy (non-hydrogen) atoms. The number of hydrogen-bond donors (Lipinski definition) is 0. The molecule has 9 nitrogen and oxygen atoms in total. The molecule has 116 valence electrons. The van der Waals surface area contributed by atoms with Crippen molar-refractivity contribution in [3.05, 3.63) is 34.4 Å². The molecule has 0 saturated carbocycles. The van der Waals surface area contributed by atoms with Crippen LogP contribution in [0.5, 0.6) is 23.8 Å². The van der Waals surface area contributed by atoms with Crippen LogP contribution in [0.2, 0.25) is 0 Å². The van der Waals surface area contributed by atoms with Gasteiger partial charge in [-0.25, -0.2) is 0 Å². The molecule has 0 atom stereocenters. The topological polar surface area (TPSA) is 110 Å². The minimum atomic E-state index is -0.493. The molecule has 0 spiro atoms. The maximum atomic E-state index is 10.6. The summed E-state index contributed by atoms with van der Waals surface area (Å²) in [5.74, 6) is 0.349.